The minimum Gasteiger partial charge on any atom is -0.481 e. The molecule has 0 aliphatic heterocycles. The number of carboxylic acids is 1. The van der Waals surface area contributed by atoms with Crippen LogP contribution in [0.15, 0.2) is 18.2 Å². The van der Waals surface area contributed by atoms with Crippen LogP contribution in [0.1, 0.15) is 18.9 Å². The number of hydrogen-bond donors (Lipinski definition) is 1. The molecule has 0 aliphatic rings. The highest BCUT2D eigenvalue weighted by Gasteiger charge is 2.17. The number of benzene rings is 1. The molecule has 0 spiro atoms. The third kappa shape index (κ3) is 4.60. The summed E-state index contributed by atoms with van der Waals surface area (Å²) in [5, 5.41) is 8.76. The van der Waals surface area contributed by atoms with Gasteiger partial charge in [-0.05, 0) is 30.2 Å². The fraction of sp³-hybridized carbons (Fsp3) is 0.429. The van der Waals surface area contributed by atoms with Gasteiger partial charge in [0.05, 0.1) is 5.92 Å². The molecule has 1 rings (SSSR count). The Kier molecular flexibility index (Phi) is 5.61. The molecule has 1 amide bonds. The van der Waals surface area contributed by atoms with E-state index in [1.54, 1.807) is 0 Å². The van der Waals surface area contributed by atoms with Gasteiger partial charge >= 0.3 is 5.97 Å². The van der Waals surface area contributed by atoms with Crippen molar-refractivity contribution in [3.8, 4) is 0 Å². The van der Waals surface area contributed by atoms with E-state index in [1.807, 2.05) is 0 Å². The number of aryl methyl sites for hydroxylation is 1. The van der Waals surface area contributed by atoms with Gasteiger partial charge in [-0.3, -0.25) is 9.59 Å². The predicted molar refractivity (Wildman–Crippen MR) is 69.1 cm³/mol. The summed E-state index contributed by atoms with van der Waals surface area (Å²) in [4.78, 5) is 23.8. The number of carboxylic acid groups (broad SMARTS) is 1. The average Bonchev–Trinajstić information content (AvgIpc) is 2.39. The van der Waals surface area contributed by atoms with Crippen LogP contribution >= 0.6 is 0 Å². The first-order chi connectivity index (χ1) is 9.31. The van der Waals surface area contributed by atoms with Crippen LogP contribution in [0.4, 0.5) is 8.78 Å². The van der Waals surface area contributed by atoms with Crippen molar-refractivity contribution in [2.75, 3.05) is 13.6 Å². The number of carbonyl (C=O) groups excluding carboxylic acids is 1. The van der Waals surface area contributed by atoms with Gasteiger partial charge in [0, 0.05) is 20.0 Å². The molecule has 0 saturated carbocycles. The first kappa shape index (κ1) is 16.1. The van der Waals surface area contributed by atoms with E-state index in [-0.39, 0.29) is 30.9 Å². The van der Waals surface area contributed by atoms with Crippen LogP contribution < -0.4 is 0 Å². The molecule has 0 aromatic heterocycles. The molecule has 110 valence electrons. The van der Waals surface area contributed by atoms with E-state index >= 15 is 0 Å². The number of nitrogens with zero attached hydrogens (tertiary/aromatic N) is 1. The fourth-order valence-corrected chi connectivity index (χ4v) is 1.76. The molecule has 0 radical (unpaired) electrons. The second kappa shape index (κ2) is 6.98. The third-order valence-electron chi connectivity index (χ3n) is 3.01. The SMILES string of the molecule is C[C@@H](CN(C)C(=O)CCc1cc(F)ccc1F)C(=O)O. The molecule has 4 nitrogen and oxygen atoms in total. The monoisotopic (exact) mass is 285 g/mol. The quantitative estimate of drug-likeness (QED) is 0.870. The molecule has 1 aromatic rings. The number of amides is 1. The van der Waals surface area contributed by atoms with E-state index in [9.17, 15) is 18.4 Å². The molecule has 0 heterocycles. The zero-order valence-electron chi connectivity index (χ0n) is 11.4. The van der Waals surface area contributed by atoms with Crippen LogP contribution in [0.5, 0.6) is 0 Å². The standard InChI is InChI=1S/C14H17F2NO3/c1-9(14(19)20)8-17(2)13(18)6-3-10-7-11(15)4-5-12(10)16/h4-5,7,9H,3,6,8H2,1-2H3,(H,19,20)/t9-/m0/s1. The van der Waals surface area contributed by atoms with Gasteiger partial charge in [0.1, 0.15) is 11.6 Å². The number of hydrogen-bond acceptors (Lipinski definition) is 2. The first-order valence-corrected chi connectivity index (χ1v) is 6.22. The van der Waals surface area contributed by atoms with Gasteiger partial charge in [-0.15, -0.1) is 0 Å². The van der Waals surface area contributed by atoms with Crippen molar-refractivity contribution in [3.05, 3.63) is 35.4 Å². The Morgan fingerprint density at radius 2 is 2.00 bits per heavy atom. The van der Waals surface area contributed by atoms with Gasteiger partial charge in [-0.25, -0.2) is 8.78 Å². The lowest BCUT2D eigenvalue weighted by molar-refractivity contribution is -0.142. The van der Waals surface area contributed by atoms with Gasteiger partial charge in [0.25, 0.3) is 0 Å². The Morgan fingerprint density at radius 3 is 2.60 bits per heavy atom. The van der Waals surface area contributed by atoms with Crippen LogP contribution in [-0.4, -0.2) is 35.5 Å². The Bertz CT molecular complexity index is 505. The van der Waals surface area contributed by atoms with Crippen LogP contribution in [0.25, 0.3) is 0 Å². The Hall–Kier alpha value is -1.98. The van der Waals surface area contributed by atoms with Crippen LogP contribution in [0.3, 0.4) is 0 Å². The molecule has 0 saturated heterocycles. The lowest BCUT2D eigenvalue weighted by Crippen LogP contribution is -2.33. The van der Waals surface area contributed by atoms with Crippen molar-refractivity contribution in [2.45, 2.75) is 19.8 Å². The predicted octanol–water partition coefficient (Wildman–Crippen LogP) is 2.08. The van der Waals surface area contributed by atoms with E-state index in [1.165, 1.54) is 18.9 Å². The van der Waals surface area contributed by atoms with E-state index in [4.69, 9.17) is 5.11 Å². The molecule has 0 unspecified atom stereocenters. The van der Waals surface area contributed by atoms with Gasteiger partial charge in [-0.2, -0.15) is 0 Å². The first-order valence-electron chi connectivity index (χ1n) is 6.22. The van der Waals surface area contributed by atoms with Crippen molar-refractivity contribution in [1.29, 1.82) is 0 Å². The van der Waals surface area contributed by atoms with E-state index in [2.05, 4.69) is 0 Å². The molecule has 6 heteroatoms. The summed E-state index contributed by atoms with van der Waals surface area (Å²) in [6.45, 7) is 1.58. The summed E-state index contributed by atoms with van der Waals surface area (Å²) < 4.78 is 26.3. The lowest BCUT2D eigenvalue weighted by Gasteiger charge is -2.19. The summed E-state index contributed by atoms with van der Waals surface area (Å²) in [6.07, 6.45) is 0.0808. The topological polar surface area (TPSA) is 57.6 Å². The maximum atomic E-state index is 13.4. The zero-order chi connectivity index (χ0) is 15.3. The van der Waals surface area contributed by atoms with Crippen molar-refractivity contribution in [2.24, 2.45) is 5.92 Å². The normalized spacial score (nSPS) is 12.0. The second-order valence-corrected chi connectivity index (χ2v) is 4.75. The third-order valence-corrected chi connectivity index (χ3v) is 3.01. The van der Waals surface area contributed by atoms with Gasteiger partial charge in [0.15, 0.2) is 0 Å². The molecule has 20 heavy (non-hydrogen) atoms. The summed E-state index contributed by atoms with van der Waals surface area (Å²) in [5.41, 5.74) is 0.137. The number of rotatable bonds is 6. The second-order valence-electron chi connectivity index (χ2n) is 4.75. The average molecular weight is 285 g/mol. The summed E-state index contributed by atoms with van der Waals surface area (Å²) >= 11 is 0. The van der Waals surface area contributed by atoms with Crippen molar-refractivity contribution >= 4 is 11.9 Å². The Labute approximate surface area is 116 Å². The fourth-order valence-electron chi connectivity index (χ4n) is 1.76. The molecule has 1 atom stereocenters. The van der Waals surface area contributed by atoms with Crippen LogP contribution in [0.2, 0.25) is 0 Å². The number of carbonyl (C=O) groups is 2. The summed E-state index contributed by atoms with van der Waals surface area (Å²) in [6, 6.07) is 3.09. The Morgan fingerprint density at radius 1 is 1.35 bits per heavy atom. The van der Waals surface area contributed by atoms with E-state index in [0.29, 0.717) is 0 Å². The Balaban J connectivity index is 2.54. The van der Waals surface area contributed by atoms with Gasteiger partial charge < -0.3 is 10.0 Å². The van der Waals surface area contributed by atoms with Crippen molar-refractivity contribution in [3.63, 3.8) is 0 Å². The molecule has 0 fully saturated rings. The smallest absolute Gasteiger partial charge is 0.308 e. The van der Waals surface area contributed by atoms with Gasteiger partial charge in [0.2, 0.25) is 5.91 Å². The highest BCUT2D eigenvalue weighted by Crippen LogP contribution is 2.12. The molecular weight excluding hydrogens is 268 g/mol. The lowest BCUT2D eigenvalue weighted by atomic mass is 10.1. The highest BCUT2D eigenvalue weighted by atomic mass is 19.1. The number of halogens is 2. The minimum absolute atomic E-state index is 0.00319. The molecule has 1 N–H and O–H groups in total. The summed E-state index contributed by atoms with van der Waals surface area (Å²) in [7, 11) is 1.49. The maximum absolute atomic E-state index is 13.4. The van der Waals surface area contributed by atoms with Crippen LogP contribution in [0, 0.1) is 17.6 Å². The highest BCUT2D eigenvalue weighted by molar-refractivity contribution is 5.77. The maximum Gasteiger partial charge on any atom is 0.308 e. The van der Waals surface area contributed by atoms with E-state index < -0.39 is 23.5 Å². The minimum atomic E-state index is -0.985. The molecule has 0 bridgehead atoms. The van der Waals surface area contributed by atoms with Crippen LogP contribution in [-0.2, 0) is 16.0 Å². The largest absolute Gasteiger partial charge is 0.481 e. The number of aliphatic carboxylic acids is 1. The molecular formula is C14H17F2NO3. The molecule has 0 aliphatic carbocycles. The van der Waals surface area contributed by atoms with Crippen molar-refractivity contribution in [1.82, 2.24) is 4.90 Å². The summed E-state index contributed by atoms with van der Waals surface area (Å²) in [5.74, 6) is -3.07. The molecule has 1 aromatic carbocycles. The van der Waals surface area contributed by atoms with Gasteiger partial charge in [-0.1, -0.05) is 6.92 Å². The van der Waals surface area contributed by atoms with Crippen molar-refractivity contribution < 1.29 is 23.5 Å². The zero-order valence-corrected chi connectivity index (χ0v) is 11.4. The van der Waals surface area contributed by atoms with E-state index in [0.717, 1.165) is 18.2 Å².